The van der Waals surface area contributed by atoms with Crippen LogP contribution >= 0.6 is 0 Å². The first kappa shape index (κ1) is 19.2. The number of rotatable bonds is 5. The van der Waals surface area contributed by atoms with E-state index in [1.54, 1.807) is 6.92 Å². The Morgan fingerprint density at radius 3 is 2.48 bits per heavy atom. The zero-order chi connectivity index (χ0) is 19.6. The fourth-order valence-electron chi connectivity index (χ4n) is 3.92. The summed E-state index contributed by atoms with van der Waals surface area (Å²) in [4.78, 5) is 27.7. The third-order valence-electron chi connectivity index (χ3n) is 5.25. The minimum Gasteiger partial charge on any atom is -0.463 e. The number of carbonyl (C=O) groups excluding carboxylic acids is 2. The predicted molar refractivity (Wildman–Crippen MR) is 106 cm³/mol. The normalized spacial score (nSPS) is 19.6. The van der Waals surface area contributed by atoms with Gasteiger partial charge in [-0.05, 0) is 43.9 Å². The Labute approximate surface area is 161 Å². The van der Waals surface area contributed by atoms with Crippen molar-refractivity contribution >= 4 is 17.4 Å². The lowest BCUT2D eigenvalue weighted by Gasteiger charge is -2.35. The van der Waals surface area contributed by atoms with Crippen molar-refractivity contribution in [2.24, 2.45) is 0 Å². The van der Waals surface area contributed by atoms with Crippen LogP contribution in [0, 0.1) is 0 Å². The Bertz CT molecular complexity index is 803. The molecule has 144 valence electrons. The van der Waals surface area contributed by atoms with Crippen molar-refractivity contribution in [1.82, 2.24) is 5.32 Å². The highest BCUT2D eigenvalue weighted by molar-refractivity contribution is 6.03. The van der Waals surface area contributed by atoms with Gasteiger partial charge in [-0.25, -0.2) is 4.79 Å². The van der Waals surface area contributed by atoms with Crippen LogP contribution in [0.4, 0.5) is 5.69 Å². The monoisotopic (exact) mass is 368 g/mol. The summed E-state index contributed by atoms with van der Waals surface area (Å²) in [6.07, 6.45) is 2.91. The fourth-order valence-corrected chi connectivity index (χ4v) is 3.92. The second-order valence-corrected chi connectivity index (χ2v) is 7.18. The lowest BCUT2D eigenvalue weighted by molar-refractivity contribution is -0.138. The first-order chi connectivity index (χ1) is 13.0. The van der Waals surface area contributed by atoms with E-state index in [9.17, 15) is 9.59 Å². The number of benzene rings is 1. The molecule has 1 N–H and O–H groups in total. The van der Waals surface area contributed by atoms with Gasteiger partial charge in [-0.1, -0.05) is 19.1 Å². The Morgan fingerprint density at radius 1 is 1.19 bits per heavy atom. The van der Waals surface area contributed by atoms with E-state index in [-0.39, 0.29) is 17.7 Å². The molecule has 1 aliphatic heterocycles. The molecule has 1 aromatic rings. The van der Waals surface area contributed by atoms with Crippen molar-refractivity contribution in [1.29, 1.82) is 0 Å². The SMILES string of the molecule is CCOC(=O)C1=C(CC)NC2=C(C(=O)CCC2)[C@H]1c1ccc(N(C)C)cc1. The van der Waals surface area contributed by atoms with Crippen LogP contribution in [-0.4, -0.2) is 32.5 Å². The lowest BCUT2D eigenvalue weighted by atomic mass is 9.75. The van der Waals surface area contributed by atoms with E-state index < -0.39 is 0 Å². The summed E-state index contributed by atoms with van der Waals surface area (Å²) >= 11 is 0. The number of hydrogen-bond acceptors (Lipinski definition) is 5. The summed E-state index contributed by atoms with van der Waals surface area (Å²) < 4.78 is 5.36. The van der Waals surface area contributed by atoms with Crippen LogP contribution in [0.5, 0.6) is 0 Å². The molecule has 0 bridgehead atoms. The Morgan fingerprint density at radius 2 is 1.89 bits per heavy atom. The summed E-state index contributed by atoms with van der Waals surface area (Å²) in [7, 11) is 3.98. The highest BCUT2D eigenvalue weighted by Gasteiger charge is 2.39. The molecular weight excluding hydrogens is 340 g/mol. The molecule has 0 unspecified atom stereocenters. The van der Waals surface area contributed by atoms with Gasteiger partial charge in [0.2, 0.25) is 0 Å². The zero-order valence-corrected chi connectivity index (χ0v) is 16.6. The number of ether oxygens (including phenoxy) is 1. The number of carbonyl (C=O) groups is 2. The topological polar surface area (TPSA) is 58.6 Å². The fraction of sp³-hybridized carbons (Fsp3) is 0.455. The minimum absolute atomic E-state index is 0.127. The smallest absolute Gasteiger partial charge is 0.336 e. The summed E-state index contributed by atoms with van der Waals surface area (Å²) in [6.45, 7) is 4.13. The molecule has 3 rings (SSSR count). The number of Topliss-reactive ketones (excluding diaryl/α,β-unsaturated/α-hetero) is 1. The zero-order valence-electron chi connectivity index (χ0n) is 16.6. The van der Waals surface area contributed by atoms with Crippen LogP contribution in [0.2, 0.25) is 0 Å². The molecular formula is C22H28N2O3. The highest BCUT2D eigenvalue weighted by Crippen LogP contribution is 2.43. The van der Waals surface area contributed by atoms with E-state index >= 15 is 0 Å². The average Bonchev–Trinajstić information content (AvgIpc) is 2.67. The van der Waals surface area contributed by atoms with Crippen molar-refractivity contribution in [3.8, 4) is 0 Å². The lowest BCUT2D eigenvalue weighted by Crippen LogP contribution is -2.35. The van der Waals surface area contributed by atoms with Gasteiger partial charge in [0.05, 0.1) is 12.2 Å². The van der Waals surface area contributed by atoms with Crippen molar-refractivity contribution in [2.45, 2.75) is 45.4 Å². The number of allylic oxidation sites excluding steroid dienone is 3. The van der Waals surface area contributed by atoms with Crippen molar-refractivity contribution in [2.75, 3.05) is 25.6 Å². The van der Waals surface area contributed by atoms with E-state index in [0.29, 0.717) is 25.0 Å². The summed E-state index contributed by atoms with van der Waals surface area (Å²) in [5.41, 5.74) is 5.18. The Hall–Kier alpha value is -2.56. The molecule has 27 heavy (non-hydrogen) atoms. The maximum absolute atomic E-state index is 12.8. The van der Waals surface area contributed by atoms with Gasteiger partial charge in [0, 0.05) is 49.1 Å². The molecule has 0 saturated carbocycles. The molecule has 0 radical (unpaired) electrons. The van der Waals surface area contributed by atoms with Crippen molar-refractivity contribution in [3.05, 3.63) is 52.4 Å². The number of anilines is 1. The predicted octanol–water partition coefficient (Wildman–Crippen LogP) is 3.67. The second-order valence-electron chi connectivity index (χ2n) is 7.18. The highest BCUT2D eigenvalue weighted by atomic mass is 16.5. The van der Waals surface area contributed by atoms with E-state index in [1.807, 2.05) is 50.2 Å². The number of ketones is 1. The Kier molecular flexibility index (Phi) is 5.68. The summed E-state index contributed by atoms with van der Waals surface area (Å²) in [6, 6.07) is 8.09. The van der Waals surface area contributed by atoms with Gasteiger partial charge in [0.25, 0.3) is 0 Å². The van der Waals surface area contributed by atoms with Crippen molar-refractivity contribution in [3.63, 3.8) is 0 Å². The number of nitrogens with zero attached hydrogens (tertiary/aromatic N) is 1. The third-order valence-corrected chi connectivity index (χ3v) is 5.25. The van der Waals surface area contributed by atoms with E-state index in [1.165, 1.54) is 0 Å². The van der Waals surface area contributed by atoms with Crippen molar-refractivity contribution < 1.29 is 14.3 Å². The summed E-state index contributed by atoms with van der Waals surface area (Å²) in [5, 5.41) is 3.38. The molecule has 1 atom stereocenters. The van der Waals surface area contributed by atoms with Crippen LogP contribution in [0.15, 0.2) is 46.8 Å². The average molecular weight is 368 g/mol. The maximum Gasteiger partial charge on any atom is 0.336 e. The quantitative estimate of drug-likeness (QED) is 0.804. The molecule has 1 aliphatic carbocycles. The van der Waals surface area contributed by atoms with Crippen LogP contribution in [0.1, 0.15) is 51.0 Å². The molecule has 0 spiro atoms. The molecule has 5 nitrogen and oxygen atoms in total. The third kappa shape index (κ3) is 3.64. The van der Waals surface area contributed by atoms with Crippen LogP contribution in [0.25, 0.3) is 0 Å². The molecule has 0 fully saturated rings. The number of hydrogen-bond donors (Lipinski definition) is 1. The minimum atomic E-state index is -0.362. The van der Waals surface area contributed by atoms with Gasteiger partial charge in [-0.15, -0.1) is 0 Å². The largest absolute Gasteiger partial charge is 0.463 e. The van der Waals surface area contributed by atoms with Gasteiger partial charge in [-0.2, -0.15) is 0 Å². The summed E-state index contributed by atoms with van der Waals surface area (Å²) in [5.74, 6) is -0.574. The number of dihydropyridines is 1. The van der Waals surface area contributed by atoms with E-state index in [2.05, 4.69) is 5.32 Å². The van der Waals surface area contributed by atoms with Gasteiger partial charge >= 0.3 is 5.97 Å². The van der Waals surface area contributed by atoms with E-state index in [4.69, 9.17) is 4.74 Å². The van der Waals surface area contributed by atoms with Crippen LogP contribution in [0.3, 0.4) is 0 Å². The molecule has 5 heteroatoms. The standard InChI is InChI=1S/C22H28N2O3/c1-5-16-21(22(26)27-6-2)19(14-10-12-15(13-11-14)24(3)4)20-17(23-16)8-7-9-18(20)25/h10-13,19,23H,5-9H2,1-4H3/t19-/m1/s1. The second kappa shape index (κ2) is 7.99. The molecule has 1 heterocycles. The number of nitrogens with one attached hydrogen (secondary N) is 1. The van der Waals surface area contributed by atoms with Gasteiger partial charge in [0.1, 0.15) is 0 Å². The Balaban J connectivity index is 2.15. The molecule has 2 aliphatic rings. The first-order valence-corrected chi connectivity index (χ1v) is 9.68. The maximum atomic E-state index is 12.8. The van der Waals surface area contributed by atoms with Gasteiger partial charge < -0.3 is 15.0 Å². The first-order valence-electron chi connectivity index (χ1n) is 9.68. The molecule has 0 aromatic heterocycles. The van der Waals surface area contributed by atoms with E-state index in [0.717, 1.165) is 41.1 Å². The number of esters is 1. The van der Waals surface area contributed by atoms with Gasteiger partial charge in [0.15, 0.2) is 5.78 Å². The van der Waals surface area contributed by atoms with Crippen LogP contribution < -0.4 is 10.2 Å². The van der Waals surface area contributed by atoms with Gasteiger partial charge in [-0.3, -0.25) is 4.79 Å². The molecule has 0 saturated heterocycles. The molecule has 1 aromatic carbocycles. The molecule has 0 amide bonds. The van der Waals surface area contributed by atoms with Crippen LogP contribution in [-0.2, 0) is 14.3 Å².